The highest BCUT2D eigenvalue weighted by Crippen LogP contribution is 2.38. The Balaban J connectivity index is 1.56. The first-order chi connectivity index (χ1) is 19.7. The van der Waals surface area contributed by atoms with E-state index in [0.29, 0.717) is 51.8 Å². The zero-order valence-corrected chi connectivity index (χ0v) is 23.6. The maximum Gasteiger partial charge on any atom is 0.337 e. The summed E-state index contributed by atoms with van der Waals surface area (Å²) >= 11 is 0. The van der Waals surface area contributed by atoms with Gasteiger partial charge < -0.3 is 25.6 Å². The summed E-state index contributed by atoms with van der Waals surface area (Å²) in [5.41, 5.74) is 4.71. The summed E-state index contributed by atoms with van der Waals surface area (Å²) < 4.78 is 4.81. The number of esters is 1. The van der Waals surface area contributed by atoms with Crippen molar-refractivity contribution in [3.05, 3.63) is 89.5 Å². The van der Waals surface area contributed by atoms with E-state index in [9.17, 15) is 19.2 Å². The highest BCUT2D eigenvalue weighted by atomic mass is 16.5. The van der Waals surface area contributed by atoms with Crippen LogP contribution in [0.25, 0.3) is 11.3 Å². The predicted molar refractivity (Wildman–Crippen MR) is 160 cm³/mol. The fourth-order valence-electron chi connectivity index (χ4n) is 4.41. The van der Waals surface area contributed by atoms with Crippen LogP contribution in [0.5, 0.6) is 0 Å². The lowest BCUT2D eigenvalue weighted by atomic mass is 9.99. The molecule has 0 fully saturated rings. The molecule has 3 aromatic rings. The first-order valence-electron chi connectivity index (χ1n) is 13.4. The van der Waals surface area contributed by atoms with Gasteiger partial charge in [-0.05, 0) is 54.3 Å². The van der Waals surface area contributed by atoms with Crippen LogP contribution in [0, 0.1) is 5.92 Å². The molecule has 3 amide bonds. The number of carbonyl (C=O) groups excluding carboxylic acids is 4. The van der Waals surface area contributed by atoms with Crippen molar-refractivity contribution in [1.82, 2.24) is 5.32 Å². The van der Waals surface area contributed by atoms with Crippen LogP contribution in [0.2, 0.25) is 0 Å². The molecule has 0 aromatic heterocycles. The summed E-state index contributed by atoms with van der Waals surface area (Å²) in [5, 5.41) is 8.92. The zero-order valence-electron chi connectivity index (χ0n) is 23.6. The molecule has 3 aromatic carbocycles. The van der Waals surface area contributed by atoms with Gasteiger partial charge in [0.2, 0.25) is 11.8 Å². The molecule has 0 aliphatic carbocycles. The largest absolute Gasteiger partial charge is 0.465 e. The van der Waals surface area contributed by atoms with E-state index in [1.54, 1.807) is 37.4 Å². The third-order valence-corrected chi connectivity index (χ3v) is 6.78. The van der Waals surface area contributed by atoms with Gasteiger partial charge in [-0.3, -0.25) is 14.4 Å². The Morgan fingerprint density at radius 3 is 2.32 bits per heavy atom. The van der Waals surface area contributed by atoms with E-state index in [1.165, 1.54) is 12.0 Å². The Morgan fingerprint density at radius 2 is 1.66 bits per heavy atom. The topological polar surface area (TPSA) is 117 Å². The van der Waals surface area contributed by atoms with Crippen molar-refractivity contribution in [2.75, 3.05) is 36.2 Å². The number of fused-ring (bicyclic) bond motifs is 1. The van der Waals surface area contributed by atoms with Crippen LogP contribution < -0.4 is 20.9 Å². The number of hydrogen-bond acceptors (Lipinski definition) is 6. The van der Waals surface area contributed by atoms with Crippen molar-refractivity contribution >= 4 is 52.0 Å². The van der Waals surface area contributed by atoms with Gasteiger partial charge in [-0.1, -0.05) is 50.2 Å². The molecule has 0 spiro atoms. The van der Waals surface area contributed by atoms with E-state index in [2.05, 4.69) is 16.0 Å². The van der Waals surface area contributed by atoms with E-state index in [-0.39, 0.29) is 24.3 Å². The second-order valence-corrected chi connectivity index (χ2v) is 10.2. The number of nitrogens with zero attached hydrogens (tertiary/aromatic N) is 1. The van der Waals surface area contributed by atoms with Crippen molar-refractivity contribution < 1.29 is 23.9 Å². The Hall–Kier alpha value is -4.92. The average molecular weight is 555 g/mol. The number of amides is 3. The normalized spacial score (nSPS) is 13.2. The molecule has 1 heterocycles. The van der Waals surface area contributed by atoms with Crippen LogP contribution in [0.4, 0.5) is 17.1 Å². The Bertz CT molecular complexity index is 1480. The molecule has 1 aliphatic heterocycles. The molecule has 9 heteroatoms. The molecule has 0 radical (unpaired) electrons. The van der Waals surface area contributed by atoms with Gasteiger partial charge in [-0.2, -0.15) is 0 Å². The molecule has 0 atom stereocenters. The molecule has 212 valence electrons. The Labute approximate surface area is 239 Å². The van der Waals surface area contributed by atoms with Gasteiger partial charge in [-0.25, -0.2) is 4.79 Å². The maximum absolute atomic E-state index is 13.2. The number of carbonyl (C=O) groups is 4. The monoisotopic (exact) mass is 554 g/mol. The number of methoxy groups -OCH3 is 1. The van der Waals surface area contributed by atoms with Crippen LogP contribution >= 0.6 is 0 Å². The van der Waals surface area contributed by atoms with E-state index < -0.39 is 5.97 Å². The summed E-state index contributed by atoms with van der Waals surface area (Å²) in [7, 11) is 2.97. The number of nitrogens with one attached hydrogen (secondary N) is 3. The highest BCUT2D eigenvalue weighted by Gasteiger charge is 2.29. The minimum absolute atomic E-state index is 0.0795. The highest BCUT2D eigenvalue weighted by molar-refractivity contribution is 6.37. The standard InChI is InChI=1S/C32H34N4O5/c1-20(2)10-17-27(37)33-19-28(38)36(3)24-14-12-23(13-15-24)34-30(21-8-6-5-7-9-21)29-25-16-11-22(32(40)41-4)18-26(25)35-31(29)39/h5-9,11-16,18,20,34H,10,17,19H2,1-4H3,(H,33,37)(H,35,39)/b30-29-. The van der Waals surface area contributed by atoms with Crippen LogP contribution in [-0.4, -0.2) is 44.4 Å². The minimum atomic E-state index is -0.488. The lowest BCUT2D eigenvalue weighted by Crippen LogP contribution is -2.38. The number of benzene rings is 3. The van der Waals surface area contributed by atoms with Crippen molar-refractivity contribution in [3.8, 4) is 0 Å². The van der Waals surface area contributed by atoms with Crippen LogP contribution in [0.15, 0.2) is 72.8 Å². The van der Waals surface area contributed by atoms with Gasteiger partial charge in [0.05, 0.1) is 36.2 Å². The van der Waals surface area contributed by atoms with Gasteiger partial charge >= 0.3 is 5.97 Å². The zero-order chi connectivity index (χ0) is 29.5. The lowest BCUT2D eigenvalue weighted by Gasteiger charge is -2.19. The fourth-order valence-corrected chi connectivity index (χ4v) is 4.41. The number of anilines is 3. The maximum atomic E-state index is 13.2. The molecule has 41 heavy (non-hydrogen) atoms. The second-order valence-electron chi connectivity index (χ2n) is 10.2. The van der Waals surface area contributed by atoms with Gasteiger partial charge in [0.25, 0.3) is 5.91 Å². The molecule has 1 aliphatic rings. The smallest absolute Gasteiger partial charge is 0.337 e. The number of hydrogen-bond donors (Lipinski definition) is 3. The minimum Gasteiger partial charge on any atom is -0.465 e. The van der Waals surface area contributed by atoms with Crippen LogP contribution in [0.1, 0.15) is 48.2 Å². The molecule has 4 rings (SSSR count). The van der Waals surface area contributed by atoms with E-state index in [4.69, 9.17) is 4.74 Å². The molecule has 0 bridgehead atoms. The molecule has 9 nitrogen and oxygen atoms in total. The molecule has 3 N–H and O–H groups in total. The van der Waals surface area contributed by atoms with Crippen molar-refractivity contribution in [2.45, 2.75) is 26.7 Å². The second kappa shape index (κ2) is 13.0. The predicted octanol–water partition coefficient (Wildman–Crippen LogP) is 4.92. The third-order valence-electron chi connectivity index (χ3n) is 6.78. The number of ether oxygens (including phenoxy) is 1. The van der Waals surface area contributed by atoms with Crippen molar-refractivity contribution in [1.29, 1.82) is 0 Å². The number of likely N-dealkylation sites (N-methyl/N-ethyl adjacent to an activating group) is 1. The molecule has 0 saturated carbocycles. The fraction of sp³-hybridized carbons (Fsp3) is 0.250. The Morgan fingerprint density at radius 1 is 0.951 bits per heavy atom. The molecular formula is C32H34N4O5. The SMILES string of the molecule is COC(=O)c1ccc2c(c1)NC(=O)/C2=C(\Nc1ccc(N(C)C(=O)CNC(=O)CCC(C)C)cc1)c1ccccc1. The molecule has 0 unspecified atom stereocenters. The quantitative estimate of drug-likeness (QED) is 0.242. The lowest BCUT2D eigenvalue weighted by molar-refractivity contribution is -0.125. The first-order valence-corrected chi connectivity index (χ1v) is 13.4. The van der Waals surface area contributed by atoms with Crippen molar-refractivity contribution in [3.63, 3.8) is 0 Å². The number of rotatable bonds is 10. The van der Waals surface area contributed by atoms with Gasteiger partial charge in [0.15, 0.2) is 0 Å². The summed E-state index contributed by atoms with van der Waals surface area (Å²) in [6.45, 7) is 4.02. The van der Waals surface area contributed by atoms with E-state index in [1.807, 2.05) is 56.3 Å². The van der Waals surface area contributed by atoms with E-state index in [0.717, 1.165) is 12.0 Å². The van der Waals surface area contributed by atoms with Gasteiger partial charge in [-0.15, -0.1) is 0 Å². The van der Waals surface area contributed by atoms with Crippen LogP contribution in [0.3, 0.4) is 0 Å². The average Bonchev–Trinajstić information content (AvgIpc) is 3.31. The van der Waals surface area contributed by atoms with Crippen LogP contribution in [-0.2, 0) is 19.1 Å². The van der Waals surface area contributed by atoms with E-state index >= 15 is 0 Å². The summed E-state index contributed by atoms with van der Waals surface area (Å²) in [4.78, 5) is 51.3. The molecule has 0 saturated heterocycles. The summed E-state index contributed by atoms with van der Waals surface area (Å²) in [5.74, 6) is -0.744. The van der Waals surface area contributed by atoms with Gasteiger partial charge in [0, 0.05) is 30.4 Å². The van der Waals surface area contributed by atoms with Gasteiger partial charge in [0.1, 0.15) is 0 Å². The summed E-state index contributed by atoms with van der Waals surface area (Å²) in [6, 6.07) is 21.6. The Kier molecular flexibility index (Phi) is 9.19. The third kappa shape index (κ3) is 7.00. The molecular weight excluding hydrogens is 520 g/mol. The first kappa shape index (κ1) is 29.1. The summed E-state index contributed by atoms with van der Waals surface area (Å²) in [6.07, 6.45) is 1.16. The van der Waals surface area contributed by atoms with Crippen molar-refractivity contribution in [2.24, 2.45) is 5.92 Å².